The Labute approximate surface area is 110 Å². The van der Waals surface area contributed by atoms with Crippen molar-refractivity contribution in [2.24, 2.45) is 5.92 Å². The Bertz CT molecular complexity index is 358. The van der Waals surface area contributed by atoms with Crippen LogP contribution in [0, 0.1) is 5.92 Å². The van der Waals surface area contributed by atoms with Crippen LogP contribution in [0.4, 0.5) is 0 Å². The van der Waals surface area contributed by atoms with Gasteiger partial charge < -0.3 is 15.3 Å². The van der Waals surface area contributed by atoms with E-state index in [4.69, 9.17) is 0 Å². The molecule has 0 aromatic heterocycles. The summed E-state index contributed by atoms with van der Waals surface area (Å²) in [6, 6.07) is 10.2. The molecule has 1 aromatic rings. The van der Waals surface area contributed by atoms with E-state index in [1.54, 1.807) is 0 Å². The van der Waals surface area contributed by atoms with E-state index in [1.165, 1.54) is 12.8 Å². The van der Waals surface area contributed by atoms with Crippen LogP contribution >= 0.6 is 0 Å². The maximum Gasteiger partial charge on any atom is 0.0795 e. The fourth-order valence-corrected chi connectivity index (χ4v) is 2.56. The van der Waals surface area contributed by atoms with Crippen molar-refractivity contribution in [1.82, 2.24) is 10.2 Å². The summed E-state index contributed by atoms with van der Waals surface area (Å²) in [6.07, 6.45) is 2.72. The van der Waals surface area contributed by atoms with Crippen LogP contribution in [0.5, 0.6) is 0 Å². The van der Waals surface area contributed by atoms with Gasteiger partial charge in [-0.2, -0.15) is 0 Å². The molecule has 1 aliphatic rings. The van der Waals surface area contributed by atoms with Crippen molar-refractivity contribution in [3.05, 3.63) is 35.9 Å². The molecule has 2 rings (SSSR count). The van der Waals surface area contributed by atoms with E-state index in [1.807, 2.05) is 25.2 Å². The lowest BCUT2D eigenvalue weighted by molar-refractivity contribution is 0.123. The molecular weight excluding hydrogens is 224 g/mol. The molecule has 1 aromatic carbocycles. The topological polar surface area (TPSA) is 35.5 Å². The maximum atomic E-state index is 9.84. The molecule has 1 fully saturated rings. The second-order valence-electron chi connectivity index (χ2n) is 5.50. The Balaban J connectivity index is 2.09. The number of aliphatic hydroxyl groups is 1. The summed E-state index contributed by atoms with van der Waals surface area (Å²) >= 11 is 0. The summed E-state index contributed by atoms with van der Waals surface area (Å²) in [6.45, 7) is 2.08. The van der Waals surface area contributed by atoms with Gasteiger partial charge in [0.15, 0.2) is 0 Å². The van der Waals surface area contributed by atoms with Crippen molar-refractivity contribution in [2.75, 3.05) is 33.8 Å². The smallest absolute Gasteiger partial charge is 0.0795 e. The Morgan fingerprint density at radius 3 is 2.50 bits per heavy atom. The average molecular weight is 248 g/mol. The van der Waals surface area contributed by atoms with Crippen molar-refractivity contribution in [2.45, 2.75) is 18.4 Å². The van der Waals surface area contributed by atoms with E-state index in [-0.39, 0.29) is 12.1 Å². The zero-order valence-electron chi connectivity index (χ0n) is 11.4. The van der Waals surface area contributed by atoms with E-state index in [9.17, 15) is 5.11 Å². The molecule has 100 valence electrons. The van der Waals surface area contributed by atoms with Crippen LogP contribution in [0.25, 0.3) is 0 Å². The van der Waals surface area contributed by atoms with Gasteiger partial charge in [-0.15, -0.1) is 0 Å². The molecule has 3 heteroatoms. The van der Waals surface area contributed by atoms with Gasteiger partial charge in [-0.1, -0.05) is 30.3 Å². The van der Waals surface area contributed by atoms with Gasteiger partial charge in [-0.25, -0.2) is 0 Å². The quantitative estimate of drug-likeness (QED) is 0.766. The third-order valence-corrected chi connectivity index (χ3v) is 3.88. The van der Waals surface area contributed by atoms with Crippen molar-refractivity contribution in [3.8, 4) is 0 Å². The summed E-state index contributed by atoms with van der Waals surface area (Å²) in [5, 5.41) is 13.2. The number of hydrogen-bond acceptors (Lipinski definition) is 3. The van der Waals surface area contributed by atoms with Crippen LogP contribution in [0.3, 0.4) is 0 Å². The second-order valence-corrected chi connectivity index (χ2v) is 5.50. The number of benzene rings is 1. The number of rotatable bonds is 7. The van der Waals surface area contributed by atoms with E-state index in [0.717, 1.165) is 24.6 Å². The van der Waals surface area contributed by atoms with Gasteiger partial charge in [-0.3, -0.25) is 0 Å². The SMILES string of the molecule is CNC(CO)(CN(C)CC1CC1)c1ccccc1. The molecule has 1 saturated carbocycles. The van der Waals surface area contributed by atoms with Crippen LogP contribution in [-0.2, 0) is 5.54 Å². The minimum Gasteiger partial charge on any atom is -0.394 e. The van der Waals surface area contributed by atoms with E-state index in [2.05, 4.69) is 29.4 Å². The molecule has 1 aliphatic carbocycles. The molecule has 18 heavy (non-hydrogen) atoms. The first-order chi connectivity index (χ1) is 8.70. The minimum absolute atomic E-state index is 0.114. The van der Waals surface area contributed by atoms with E-state index in [0.29, 0.717) is 0 Å². The molecule has 2 N–H and O–H groups in total. The molecule has 0 spiro atoms. The molecule has 0 bridgehead atoms. The summed E-state index contributed by atoms with van der Waals surface area (Å²) in [5.74, 6) is 0.874. The number of nitrogens with zero attached hydrogens (tertiary/aromatic N) is 1. The largest absolute Gasteiger partial charge is 0.394 e. The van der Waals surface area contributed by atoms with Crippen molar-refractivity contribution < 1.29 is 5.11 Å². The predicted octanol–water partition coefficient (Wildman–Crippen LogP) is 1.44. The van der Waals surface area contributed by atoms with Crippen LogP contribution < -0.4 is 5.32 Å². The lowest BCUT2D eigenvalue weighted by atomic mass is 9.90. The third kappa shape index (κ3) is 3.10. The zero-order chi connectivity index (χ0) is 13.0. The minimum atomic E-state index is -0.356. The Morgan fingerprint density at radius 1 is 1.33 bits per heavy atom. The Hall–Kier alpha value is -0.900. The predicted molar refractivity (Wildman–Crippen MR) is 74.5 cm³/mol. The first-order valence-electron chi connectivity index (χ1n) is 6.74. The van der Waals surface area contributed by atoms with Crippen LogP contribution in [0.1, 0.15) is 18.4 Å². The molecule has 0 amide bonds. The highest BCUT2D eigenvalue weighted by molar-refractivity contribution is 5.25. The summed E-state index contributed by atoms with van der Waals surface area (Å²) in [7, 11) is 4.07. The molecule has 0 heterocycles. The highest BCUT2D eigenvalue weighted by Crippen LogP contribution is 2.30. The summed E-state index contributed by atoms with van der Waals surface area (Å²) in [4.78, 5) is 2.33. The zero-order valence-corrected chi connectivity index (χ0v) is 11.4. The van der Waals surface area contributed by atoms with Gasteiger partial charge in [0.1, 0.15) is 0 Å². The first-order valence-corrected chi connectivity index (χ1v) is 6.74. The Morgan fingerprint density at radius 2 is 2.00 bits per heavy atom. The molecule has 1 atom stereocenters. The molecule has 1 unspecified atom stereocenters. The molecule has 0 radical (unpaired) electrons. The van der Waals surface area contributed by atoms with Crippen LogP contribution in [0.15, 0.2) is 30.3 Å². The fourth-order valence-electron chi connectivity index (χ4n) is 2.56. The molecular formula is C15H24N2O. The highest BCUT2D eigenvalue weighted by Gasteiger charge is 2.32. The second kappa shape index (κ2) is 5.83. The number of nitrogens with one attached hydrogen (secondary N) is 1. The Kier molecular flexibility index (Phi) is 4.38. The van der Waals surface area contributed by atoms with E-state index < -0.39 is 0 Å². The first kappa shape index (κ1) is 13.5. The molecule has 0 saturated heterocycles. The standard InChI is InChI=1S/C15H24N2O/c1-16-15(12-18,14-6-4-3-5-7-14)11-17(2)10-13-8-9-13/h3-7,13,16,18H,8-12H2,1-2H3. The van der Waals surface area contributed by atoms with Crippen LogP contribution in [0.2, 0.25) is 0 Å². The van der Waals surface area contributed by atoms with Gasteiger partial charge in [0.05, 0.1) is 12.1 Å². The number of likely N-dealkylation sites (N-methyl/N-ethyl adjacent to an activating group) is 2. The monoisotopic (exact) mass is 248 g/mol. The number of hydrogen-bond donors (Lipinski definition) is 2. The normalized spacial score (nSPS) is 18.9. The molecule has 3 nitrogen and oxygen atoms in total. The van der Waals surface area contributed by atoms with Gasteiger partial charge in [0.25, 0.3) is 0 Å². The van der Waals surface area contributed by atoms with Crippen molar-refractivity contribution >= 4 is 0 Å². The average Bonchev–Trinajstić information content (AvgIpc) is 3.21. The van der Waals surface area contributed by atoms with Gasteiger partial charge in [0.2, 0.25) is 0 Å². The van der Waals surface area contributed by atoms with E-state index >= 15 is 0 Å². The van der Waals surface area contributed by atoms with Gasteiger partial charge in [0, 0.05) is 13.1 Å². The lowest BCUT2D eigenvalue weighted by Gasteiger charge is -2.36. The summed E-state index contributed by atoms with van der Waals surface area (Å²) < 4.78 is 0. The van der Waals surface area contributed by atoms with Crippen LogP contribution in [-0.4, -0.2) is 43.8 Å². The molecule has 0 aliphatic heterocycles. The summed E-state index contributed by atoms with van der Waals surface area (Å²) in [5.41, 5.74) is 0.794. The fraction of sp³-hybridized carbons (Fsp3) is 0.600. The van der Waals surface area contributed by atoms with Gasteiger partial charge >= 0.3 is 0 Å². The van der Waals surface area contributed by atoms with Crippen molar-refractivity contribution in [3.63, 3.8) is 0 Å². The number of aliphatic hydroxyl groups excluding tert-OH is 1. The maximum absolute atomic E-state index is 9.84. The van der Waals surface area contributed by atoms with Crippen molar-refractivity contribution in [1.29, 1.82) is 0 Å². The highest BCUT2D eigenvalue weighted by atomic mass is 16.3. The lowest BCUT2D eigenvalue weighted by Crippen LogP contribution is -2.51. The van der Waals surface area contributed by atoms with Gasteiger partial charge in [-0.05, 0) is 38.4 Å². The third-order valence-electron chi connectivity index (χ3n) is 3.88.